The summed E-state index contributed by atoms with van der Waals surface area (Å²) in [5.41, 5.74) is 0. The zero-order valence-electron chi connectivity index (χ0n) is 11.6. The minimum atomic E-state index is -1.03. The van der Waals surface area contributed by atoms with Crippen molar-refractivity contribution in [2.24, 2.45) is 5.92 Å². The summed E-state index contributed by atoms with van der Waals surface area (Å²) in [7, 11) is 0. The smallest absolute Gasteiger partial charge is 0.136 e. The highest BCUT2D eigenvalue weighted by molar-refractivity contribution is 9.10. The molecule has 0 spiro atoms. The van der Waals surface area contributed by atoms with Gasteiger partial charge in [-0.2, -0.15) is 0 Å². The molecule has 0 radical (unpaired) electrons. The number of hydrogen-bond donors (Lipinski definition) is 1. The third-order valence-corrected chi connectivity index (χ3v) is 5.86. The Morgan fingerprint density at radius 1 is 1.44 bits per heavy atom. The van der Waals surface area contributed by atoms with Crippen LogP contribution in [-0.2, 0) is 11.4 Å². The minimum Gasteiger partial charge on any atom is -0.598 e. The summed E-state index contributed by atoms with van der Waals surface area (Å²) in [6, 6.07) is 2.28. The van der Waals surface area contributed by atoms with Crippen molar-refractivity contribution in [2.75, 3.05) is 0 Å². The summed E-state index contributed by atoms with van der Waals surface area (Å²) in [6.45, 7) is 10.4. The second-order valence-corrected chi connectivity index (χ2v) is 9.70. The van der Waals surface area contributed by atoms with Crippen LogP contribution >= 0.6 is 27.3 Å². The first-order chi connectivity index (χ1) is 8.20. The molecule has 0 saturated carbocycles. The SMILES string of the molecule is CC(C)C[C@@H](N[S@@+]([O-])C(C)(C)C)c1cc(Br)cs1. The van der Waals surface area contributed by atoms with Crippen LogP contribution in [0.3, 0.4) is 0 Å². The van der Waals surface area contributed by atoms with Crippen molar-refractivity contribution >= 4 is 38.6 Å². The molecule has 1 aromatic rings. The fourth-order valence-electron chi connectivity index (χ4n) is 1.51. The van der Waals surface area contributed by atoms with E-state index in [0.29, 0.717) is 5.92 Å². The normalized spacial score (nSPS) is 16.0. The van der Waals surface area contributed by atoms with Crippen LogP contribution in [0.25, 0.3) is 0 Å². The average Bonchev–Trinajstić information content (AvgIpc) is 2.61. The van der Waals surface area contributed by atoms with E-state index >= 15 is 0 Å². The molecular weight excluding hydrogens is 330 g/mol. The molecule has 0 aliphatic carbocycles. The Balaban J connectivity index is 2.79. The van der Waals surface area contributed by atoms with Gasteiger partial charge in [0.1, 0.15) is 4.75 Å². The quantitative estimate of drug-likeness (QED) is 0.783. The molecule has 18 heavy (non-hydrogen) atoms. The summed E-state index contributed by atoms with van der Waals surface area (Å²) in [4.78, 5) is 1.24. The van der Waals surface area contributed by atoms with Crippen LogP contribution in [0.4, 0.5) is 0 Å². The van der Waals surface area contributed by atoms with Gasteiger partial charge in [-0.05, 0) is 55.1 Å². The maximum Gasteiger partial charge on any atom is 0.136 e. The zero-order valence-corrected chi connectivity index (χ0v) is 14.8. The third-order valence-electron chi connectivity index (χ3n) is 2.44. The molecule has 0 amide bonds. The molecule has 1 heterocycles. The number of rotatable bonds is 5. The van der Waals surface area contributed by atoms with Crippen LogP contribution in [0.15, 0.2) is 15.9 Å². The molecule has 5 heteroatoms. The Bertz CT molecular complexity index is 373. The summed E-state index contributed by atoms with van der Waals surface area (Å²) in [5.74, 6) is 0.570. The largest absolute Gasteiger partial charge is 0.598 e. The van der Waals surface area contributed by atoms with Gasteiger partial charge in [0.2, 0.25) is 0 Å². The lowest BCUT2D eigenvalue weighted by Gasteiger charge is -2.28. The number of halogens is 1. The molecule has 2 atom stereocenters. The van der Waals surface area contributed by atoms with E-state index in [1.54, 1.807) is 11.3 Å². The van der Waals surface area contributed by atoms with Gasteiger partial charge in [-0.1, -0.05) is 13.8 Å². The summed E-state index contributed by atoms with van der Waals surface area (Å²) in [6.07, 6.45) is 0.995. The van der Waals surface area contributed by atoms with Gasteiger partial charge < -0.3 is 4.55 Å². The summed E-state index contributed by atoms with van der Waals surface area (Å²) in [5, 5.41) is 2.07. The van der Waals surface area contributed by atoms with Crippen molar-refractivity contribution in [1.29, 1.82) is 0 Å². The van der Waals surface area contributed by atoms with Crippen LogP contribution in [0.5, 0.6) is 0 Å². The molecule has 0 bridgehead atoms. The molecule has 0 fully saturated rings. The molecular formula is C13H22BrNOS2. The van der Waals surface area contributed by atoms with Gasteiger partial charge in [-0.15, -0.1) is 16.1 Å². The molecule has 0 aliphatic rings. The van der Waals surface area contributed by atoms with E-state index in [2.05, 4.69) is 45.9 Å². The van der Waals surface area contributed by atoms with Crippen molar-refractivity contribution in [3.05, 3.63) is 20.8 Å². The predicted molar refractivity (Wildman–Crippen MR) is 85.2 cm³/mol. The fourth-order valence-corrected chi connectivity index (χ4v) is 3.93. The van der Waals surface area contributed by atoms with E-state index in [1.165, 1.54) is 4.88 Å². The molecule has 0 saturated heterocycles. The van der Waals surface area contributed by atoms with Crippen molar-refractivity contribution in [3.63, 3.8) is 0 Å². The number of thiophene rings is 1. The summed E-state index contributed by atoms with van der Waals surface area (Å²) >= 11 is 4.15. The zero-order chi connectivity index (χ0) is 13.9. The monoisotopic (exact) mass is 351 g/mol. The second kappa shape index (κ2) is 6.75. The Morgan fingerprint density at radius 2 is 2.06 bits per heavy atom. The van der Waals surface area contributed by atoms with E-state index < -0.39 is 11.4 Å². The Morgan fingerprint density at radius 3 is 2.44 bits per heavy atom. The number of nitrogens with one attached hydrogen (secondary N) is 1. The van der Waals surface area contributed by atoms with Gasteiger partial charge >= 0.3 is 0 Å². The molecule has 0 unspecified atom stereocenters. The van der Waals surface area contributed by atoms with Crippen molar-refractivity contribution < 1.29 is 4.55 Å². The van der Waals surface area contributed by atoms with E-state index in [9.17, 15) is 4.55 Å². The maximum atomic E-state index is 12.2. The van der Waals surface area contributed by atoms with Gasteiger partial charge in [0.15, 0.2) is 0 Å². The highest BCUT2D eigenvalue weighted by atomic mass is 79.9. The first kappa shape index (κ1) is 16.5. The molecule has 1 N–H and O–H groups in total. The Kier molecular flexibility index (Phi) is 6.19. The highest BCUT2D eigenvalue weighted by Gasteiger charge is 2.30. The molecule has 104 valence electrons. The summed E-state index contributed by atoms with van der Waals surface area (Å²) < 4.78 is 16.4. The molecule has 0 aliphatic heterocycles. The van der Waals surface area contributed by atoms with Gasteiger partial charge in [0.05, 0.1) is 6.04 Å². The van der Waals surface area contributed by atoms with Gasteiger partial charge in [-0.3, -0.25) is 0 Å². The second-order valence-electron chi connectivity index (χ2n) is 5.85. The van der Waals surface area contributed by atoms with E-state index in [-0.39, 0.29) is 10.8 Å². The number of hydrogen-bond acceptors (Lipinski definition) is 3. The molecule has 1 aromatic heterocycles. The van der Waals surface area contributed by atoms with Crippen LogP contribution < -0.4 is 4.72 Å². The lowest BCUT2D eigenvalue weighted by molar-refractivity contribution is 0.466. The highest BCUT2D eigenvalue weighted by Crippen LogP contribution is 2.31. The van der Waals surface area contributed by atoms with Crippen molar-refractivity contribution in [3.8, 4) is 0 Å². The average molecular weight is 352 g/mol. The Labute approximate surface area is 126 Å². The van der Waals surface area contributed by atoms with Crippen LogP contribution in [0, 0.1) is 5.92 Å². The first-order valence-electron chi connectivity index (χ1n) is 6.12. The van der Waals surface area contributed by atoms with Gasteiger partial charge in [-0.25, -0.2) is 0 Å². The van der Waals surface area contributed by atoms with Crippen molar-refractivity contribution in [1.82, 2.24) is 4.72 Å². The fraction of sp³-hybridized carbons (Fsp3) is 0.692. The maximum absolute atomic E-state index is 12.2. The standard InChI is InChI=1S/C13H22BrNOS2/c1-9(2)6-11(12-7-10(14)8-17-12)15-18(16)13(3,4)5/h7-9,11,15H,6H2,1-5H3/t11-,18+/m1/s1. The lowest BCUT2D eigenvalue weighted by atomic mass is 10.0. The first-order valence-corrected chi connectivity index (χ1v) is 8.94. The predicted octanol–water partition coefficient (Wildman–Crippen LogP) is 4.65. The molecule has 1 rings (SSSR count). The van der Waals surface area contributed by atoms with E-state index in [1.807, 2.05) is 20.8 Å². The minimum absolute atomic E-state index is 0.168. The van der Waals surface area contributed by atoms with Gasteiger partial charge in [0.25, 0.3) is 0 Å². The third kappa shape index (κ3) is 5.21. The van der Waals surface area contributed by atoms with Gasteiger partial charge in [0, 0.05) is 26.1 Å². The van der Waals surface area contributed by atoms with Crippen LogP contribution in [-0.4, -0.2) is 9.30 Å². The van der Waals surface area contributed by atoms with Crippen LogP contribution in [0.1, 0.15) is 52.0 Å². The topological polar surface area (TPSA) is 35.1 Å². The van der Waals surface area contributed by atoms with Crippen LogP contribution in [0.2, 0.25) is 0 Å². The lowest BCUT2D eigenvalue weighted by Crippen LogP contribution is -2.41. The Hall–Kier alpha value is 0.450. The van der Waals surface area contributed by atoms with Crippen molar-refractivity contribution in [2.45, 2.75) is 51.8 Å². The molecule has 0 aromatic carbocycles. The molecule has 2 nitrogen and oxygen atoms in total. The van der Waals surface area contributed by atoms with E-state index in [0.717, 1.165) is 10.9 Å². The van der Waals surface area contributed by atoms with E-state index in [4.69, 9.17) is 0 Å².